The van der Waals surface area contributed by atoms with E-state index in [0.717, 1.165) is 56.3 Å². The van der Waals surface area contributed by atoms with E-state index in [1.54, 1.807) is 6.07 Å². The van der Waals surface area contributed by atoms with Crippen molar-refractivity contribution in [3.05, 3.63) is 27.1 Å². The summed E-state index contributed by atoms with van der Waals surface area (Å²) in [5, 5.41) is 21.5. The van der Waals surface area contributed by atoms with Crippen molar-refractivity contribution >= 4 is 16.3 Å². The maximum Gasteiger partial charge on any atom is 0.324 e. The minimum atomic E-state index is -0.360. The number of rotatable bonds is 8. The quantitative estimate of drug-likeness (QED) is 0.535. The Balaban J connectivity index is 1.86. The van der Waals surface area contributed by atoms with Gasteiger partial charge < -0.3 is 4.74 Å². The Bertz CT molecular complexity index is 522. The molecule has 2 rings (SSSR count). The third kappa shape index (κ3) is 5.35. The average Bonchev–Trinajstić information content (AvgIpc) is 3.00. The van der Waals surface area contributed by atoms with Crippen molar-refractivity contribution in [3.63, 3.8) is 0 Å². The molecule has 0 spiro atoms. The van der Waals surface area contributed by atoms with E-state index in [1.165, 1.54) is 0 Å². The molecular formula is C14H20N4O3S. The number of hydrogen-bond acceptors (Lipinski definition) is 7. The van der Waals surface area contributed by atoms with Gasteiger partial charge in [0.15, 0.2) is 0 Å². The minimum Gasteiger partial charge on any atom is -0.379 e. The van der Waals surface area contributed by atoms with Gasteiger partial charge in [-0.15, -0.1) is 0 Å². The van der Waals surface area contributed by atoms with E-state index < -0.39 is 0 Å². The van der Waals surface area contributed by atoms with Crippen molar-refractivity contribution in [3.8, 4) is 6.07 Å². The summed E-state index contributed by atoms with van der Waals surface area (Å²) in [6.07, 6.45) is 0.468. The van der Waals surface area contributed by atoms with Gasteiger partial charge in [0, 0.05) is 57.1 Å². The molecule has 1 aliphatic heterocycles. The lowest BCUT2D eigenvalue weighted by molar-refractivity contribution is -0.380. The number of thiophene rings is 1. The van der Waals surface area contributed by atoms with Crippen molar-refractivity contribution in [2.45, 2.75) is 13.0 Å². The van der Waals surface area contributed by atoms with Gasteiger partial charge in [-0.25, -0.2) is 0 Å². The highest BCUT2D eigenvalue weighted by molar-refractivity contribution is 7.13. The van der Waals surface area contributed by atoms with Gasteiger partial charge in [0.25, 0.3) is 0 Å². The summed E-state index contributed by atoms with van der Waals surface area (Å²) in [4.78, 5) is 14.9. The number of nitro groups is 1. The van der Waals surface area contributed by atoms with Crippen LogP contribution in [0, 0.1) is 21.4 Å². The van der Waals surface area contributed by atoms with Gasteiger partial charge in [-0.2, -0.15) is 5.26 Å². The summed E-state index contributed by atoms with van der Waals surface area (Å²) in [5.41, 5.74) is 0.941. The molecule has 0 aliphatic carbocycles. The lowest BCUT2D eigenvalue weighted by Gasteiger charge is -2.29. The van der Waals surface area contributed by atoms with Gasteiger partial charge in [0.2, 0.25) is 0 Å². The Morgan fingerprint density at radius 3 is 2.86 bits per heavy atom. The highest BCUT2D eigenvalue weighted by Gasteiger charge is 2.15. The van der Waals surface area contributed by atoms with Crippen molar-refractivity contribution in [1.29, 1.82) is 5.26 Å². The first-order chi connectivity index (χ1) is 10.7. The molecule has 120 valence electrons. The van der Waals surface area contributed by atoms with Gasteiger partial charge >= 0.3 is 5.00 Å². The van der Waals surface area contributed by atoms with Crippen molar-refractivity contribution in [1.82, 2.24) is 9.80 Å². The molecule has 22 heavy (non-hydrogen) atoms. The molecule has 0 N–H and O–H groups in total. The number of ether oxygens (including phenoxy) is 1. The van der Waals surface area contributed by atoms with Crippen LogP contribution >= 0.6 is 11.3 Å². The first kappa shape index (κ1) is 16.8. The highest BCUT2D eigenvalue weighted by Crippen LogP contribution is 2.23. The molecule has 7 nitrogen and oxygen atoms in total. The summed E-state index contributed by atoms with van der Waals surface area (Å²) >= 11 is 1.15. The predicted octanol–water partition coefficient (Wildman–Crippen LogP) is 1.70. The number of morpholine rings is 1. The van der Waals surface area contributed by atoms with Crippen LogP contribution in [-0.2, 0) is 11.3 Å². The fourth-order valence-corrected chi connectivity index (χ4v) is 3.11. The van der Waals surface area contributed by atoms with Crippen LogP contribution in [0.5, 0.6) is 0 Å². The summed E-state index contributed by atoms with van der Waals surface area (Å²) in [7, 11) is 0. The van der Waals surface area contributed by atoms with E-state index in [2.05, 4.69) is 15.9 Å². The zero-order chi connectivity index (χ0) is 15.8. The minimum absolute atomic E-state index is 0.170. The van der Waals surface area contributed by atoms with Gasteiger partial charge in [0.05, 0.1) is 24.2 Å². The lowest BCUT2D eigenvalue weighted by Crippen LogP contribution is -2.41. The zero-order valence-corrected chi connectivity index (χ0v) is 13.3. The van der Waals surface area contributed by atoms with Crippen LogP contribution in [0.25, 0.3) is 0 Å². The van der Waals surface area contributed by atoms with E-state index in [9.17, 15) is 10.1 Å². The van der Waals surface area contributed by atoms with Crippen LogP contribution in [0.1, 0.15) is 12.0 Å². The third-order valence-corrected chi connectivity index (χ3v) is 4.53. The Labute approximate surface area is 133 Å². The zero-order valence-electron chi connectivity index (χ0n) is 12.4. The van der Waals surface area contributed by atoms with Gasteiger partial charge in [-0.05, 0) is 5.56 Å². The smallest absolute Gasteiger partial charge is 0.324 e. The average molecular weight is 324 g/mol. The SMILES string of the molecule is N#CCCN(CCN1CCOCC1)Cc1csc([N+](=O)[O-])c1. The molecule has 1 saturated heterocycles. The van der Waals surface area contributed by atoms with E-state index in [0.29, 0.717) is 19.5 Å². The molecule has 2 heterocycles. The molecule has 0 saturated carbocycles. The molecule has 8 heteroatoms. The second-order valence-electron chi connectivity index (χ2n) is 5.19. The fraction of sp³-hybridized carbons (Fsp3) is 0.643. The van der Waals surface area contributed by atoms with Crippen LogP contribution in [-0.4, -0.2) is 60.7 Å². The first-order valence-corrected chi connectivity index (χ1v) is 8.18. The monoisotopic (exact) mass is 324 g/mol. The molecule has 1 aromatic rings. The summed E-state index contributed by atoms with van der Waals surface area (Å²) in [6, 6.07) is 3.79. The Kier molecular flexibility index (Phi) is 6.74. The van der Waals surface area contributed by atoms with E-state index >= 15 is 0 Å². The molecular weight excluding hydrogens is 304 g/mol. The maximum atomic E-state index is 10.7. The number of nitriles is 1. The number of hydrogen-bond donors (Lipinski definition) is 0. The molecule has 0 amide bonds. The fourth-order valence-electron chi connectivity index (χ4n) is 2.39. The number of nitrogens with zero attached hydrogens (tertiary/aromatic N) is 4. The lowest BCUT2D eigenvalue weighted by atomic mass is 10.2. The van der Waals surface area contributed by atoms with Crippen LogP contribution in [0.2, 0.25) is 0 Å². The second-order valence-corrected chi connectivity index (χ2v) is 6.08. The maximum absolute atomic E-state index is 10.7. The molecule has 0 radical (unpaired) electrons. The predicted molar refractivity (Wildman–Crippen MR) is 83.7 cm³/mol. The topological polar surface area (TPSA) is 82.6 Å². The molecule has 1 fully saturated rings. The van der Waals surface area contributed by atoms with Crippen LogP contribution in [0.3, 0.4) is 0 Å². The van der Waals surface area contributed by atoms with Crippen LogP contribution in [0.15, 0.2) is 11.4 Å². The van der Waals surface area contributed by atoms with Crippen molar-refractivity contribution in [2.75, 3.05) is 45.9 Å². The van der Waals surface area contributed by atoms with Crippen molar-refractivity contribution in [2.24, 2.45) is 0 Å². The normalized spacial score (nSPS) is 15.8. The molecule has 1 aliphatic rings. The Morgan fingerprint density at radius 1 is 1.45 bits per heavy atom. The summed E-state index contributed by atoms with van der Waals surface area (Å²) in [5.74, 6) is 0. The molecule has 0 bridgehead atoms. The largest absolute Gasteiger partial charge is 0.379 e. The van der Waals surface area contributed by atoms with Crippen molar-refractivity contribution < 1.29 is 9.66 Å². The van der Waals surface area contributed by atoms with Gasteiger partial charge in [-0.3, -0.25) is 19.9 Å². The molecule has 0 unspecified atom stereocenters. The summed E-state index contributed by atoms with van der Waals surface area (Å²) in [6.45, 7) is 6.54. The highest BCUT2D eigenvalue weighted by atomic mass is 32.1. The standard InChI is InChI=1S/C14H20N4O3S/c15-2-1-3-17(5-4-16-6-8-21-9-7-16)11-13-10-14(18(19)20)22-12-13/h10,12H,1,3-9,11H2. The Hall–Kier alpha value is -1.53. The van der Waals surface area contributed by atoms with Gasteiger partial charge in [-0.1, -0.05) is 11.3 Å². The van der Waals surface area contributed by atoms with E-state index in [-0.39, 0.29) is 9.92 Å². The molecule has 0 aromatic carbocycles. The van der Waals surface area contributed by atoms with E-state index in [1.807, 2.05) is 5.38 Å². The Morgan fingerprint density at radius 2 is 2.23 bits per heavy atom. The molecule has 0 atom stereocenters. The summed E-state index contributed by atoms with van der Waals surface area (Å²) < 4.78 is 5.33. The molecule has 1 aromatic heterocycles. The van der Waals surface area contributed by atoms with Gasteiger partial charge in [0.1, 0.15) is 0 Å². The third-order valence-electron chi connectivity index (χ3n) is 3.60. The van der Waals surface area contributed by atoms with Crippen LogP contribution < -0.4 is 0 Å². The second kappa shape index (κ2) is 8.80. The first-order valence-electron chi connectivity index (χ1n) is 7.30. The van der Waals surface area contributed by atoms with Crippen LogP contribution in [0.4, 0.5) is 5.00 Å². The van der Waals surface area contributed by atoms with E-state index in [4.69, 9.17) is 10.00 Å².